The Morgan fingerprint density at radius 1 is 1.14 bits per heavy atom. The van der Waals surface area contributed by atoms with Crippen LogP contribution in [0.2, 0.25) is 0 Å². The number of carbonyl (C=O) groups is 1. The second-order valence-corrected chi connectivity index (χ2v) is 11.7. The lowest BCUT2D eigenvalue weighted by atomic mass is 9.85. The summed E-state index contributed by atoms with van der Waals surface area (Å²) in [6, 6.07) is 11.9. The molecule has 43 heavy (non-hydrogen) atoms. The molecule has 0 saturated heterocycles. The zero-order valence-electron chi connectivity index (χ0n) is 23.7. The van der Waals surface area contributed by atoms with Gasteiger partial charge in [-0.25, -0.2) is 4.39 Å². The zero-order valence-corrected chi connectivity index (χ0v) is 24.6. The van der Waals surface area contributed by atoms with Gasteiger partial charge in [-0.05, 0) is 92.8 Å². The van der Waals surface area contributed by atoms with Crippen molar-refractivity contribution >= 4 is 17.9 Å². The monoisotopic (exact) mass is 623 g/mol. The highest BCUT2D eigenvalue weighted by molar-refractivity contribution is 7.94. The number of hydrogen-bond acceptors (Lipinski definition) is 8. The number of aromatic nitrogens is 1. The Morgan fingerprint density at radius 2 is 1.81 bits per heavy atom. The van der Waals surface area contributed by atoms with Crippen LogP contribution in [-0.2, 0) is 10.3 Å². The Balaban J connectivity index is 1.73. The fourth-order valence-corrected chi connectivity index (χ4v) is 5.09. The van der Waals surface area contributed by atoms with Crippen molar-refractivity contribution in [3.05, 3.63) is 77.2 Å². The number of nitrogens with zero attached hydrogens (tertiary/aromatic N) is 1. The molecule has 4 rings (SSSR count). The normalized spacial score (nSPS) is 17.0. The van der Waals surface area contributed by atoms with E-state index in [1.165, 1.54) is 62.6 Å². The highest BCUT2D eigenvalue weighted by Gasteiger charge is 2.59. The first-order chi connectivity index (χ1) is 20.2. The number of aliphatic hydroxyl groups excluding tert-OH is 1. The number of halogens is 4. The lowest BCUT2D eigenvalue weighted by molar-refractivity contribution is -0.162. The summed E-state index contributed by atoms with van der Waals surface area (Å²) in [5, 5.41) is 11.7. The molecule has 1 saturated carbocycles. The minimum absolute atomic E-state index is 0.0303. The molecule has 1 fully saturated rings. The second-order valence-electron chi connectivity index (χ2n) is 10.8. The molecule has 3 atom stereocenters. The summed E-state index contributed by atoms with van der Waals surface area (Å²) in [5.41, 5.74) is 5.84. The third-order valence-corrected chi connectivity index (χ3v) is 8.34. The summed E-state index contributed by atoms with van der Waals surface area (Å²) in [6.07, 6.45) is -4.25. The Bertz CT molecular complexity index is 1450. The minimum atomic E-state index is -5.09. The average molecular weight is 624 g/mol. The number of ether oxygens (including phenoxy) is 2. The van der Waals surface area contributed by atoms with Crippen molar-refractivity contribution in [2.45, 2.75) is 49.3 Å². The molecule has 13 heteroatoms. The molecule has 1 aliphatic carbocycles. The maximum absolute atomic E-state index is 14.9. The van der Waals surface area contributed by atoms with Crippen LogP contribution in [0.1, 0.15) is 48.3 Å². The van der Waals surface area contributed by atoms with E-state index in [1.54, 1.807) is 13.0 Å². The molecule has 5 N–H and O–H groups in total. The summed E-state index contributed by atoms with van der Waals surface area (Å²) in [5.74, 6) is -1.01. The summed E-state index contributed by atoms with van der Waals surface area (Å²) < 4.78 is 76.2. The molecular weight excluding hydrogens is 590 g/mol. The van der Waals surface area contributed by atoms with Crippen LogP contribution < -0.4 is 20.5 Å². The van der Waals surface area contributed by atoms with Crippen LogP contribution in [0.5, 0.6) is 11.5 Å². The number of nitrogens with two attached hydrogens (primary N) is 1. The van der Waals surface area contributed by atoms with Crippen molar-refractivity contribution < 1.29 is 41.5 Å². The molecule has 1 amide bonds. The first-order valence-electron chi connectivity index (χ1n) is 13.5. The van der Waals surface area contributed by atoms with Gasteiger partial charge in [-0.1, -0.05) is 0 Å². The van der Waals surface area contributed by atoms with E-state index in [0.717, 1.165) is 12.8 Å². The maximum Gasteiger partial charge on any atom is 0.412 e. The number of hydrogen-bond donors (Lipinski definition) is 4. The van der Waals surface area contributed by atoms with Gasteiger partial charge in [0.25, 0.3) is 5.91 Å². The van der Waals surface area contributed by atoms with Gasteiger partial charge in [-0.2, -0.15) is 13.2 Å². The molecule has 0 bridgehead atoms. The SMILES string of the molecule is COc1cc(C(=O)NCC(SO)(c2cc(C(C)(N)C3CC3)cc(-c3ccc(F)cc3)n2)C(F)(F)F)ccc1OC[C@@H](C)O. The second kappa shape index (κ2) is 12.7. The van der Waals surface area contributed by atoms with Crippen LogP contribution in [-0.4, -0.2) is 53.1 Å². The van der Waals surface area contributed by atoms with Crippen molar-refractivity contribution in [3.63, 3.8) is 0 Å². The van der Waals surface area contributed by atoms with E-state index in [4.69, 9.17) is 15.2 Å². The van der Waals surface area contributed by atoms with E-state index in [2.05, 4.69) is 10.3 Å². The van der Waals surface area contributed by atoms with Crippen molar-refractivity contribution in [1.29, 1.82) is 0 Å². The minimum Gasteiger partial charge on any atom is -0.493 e. The van der Waals surface area contributed by atoms with Gasteiger partial charge in [0.05, 0.1) is 24.6 Å². The fraction of sp³-hybridized carbons (Fsp3) is 0.400. The first kappa shape index (κ1) is 32.5. The number of aliphatic hydroxyl groups is 1. The van der Waals surface area contributed by atoms with Gasteiger partial charge in [0, 0.05) is 35.3 Å². The molecule has 0 spiro atoms. The molecule has 232 valence electrons. The number of rotatable bonds is 12. The summed E-state index contributed by atoms with van der Waals surface area (Å²) >= 11 is -0.488. The van der Waals surface area contributed by atoms with Crippen molar-refractivity contribution in [2.75, 3.05) is 20.3 Å². The van der Waals surface area contributed by atoms with Crippen LogP contribution >= 0.6 is 12.0 Å². The molecule has 3 aromatic rings. The maximum atomic E-state index is 14.9. The highest BCUT2D eigenvalue weighted by Crippen LogP contribution is 2.50. The van der Waals surface area contributed by atoms with Gasteiger partial charge in [-0.3, -0.25) is 9.78 Å². The lowest BCUT2D eigenvalue weighted by Crippen LogP contribution is -2.49. The largest absolute Gasteiger partial charge is 0.493 e. The topological polar surface area (TPSA) is 127 Å². The number of methoxy groups -OCH3 is 1. The smallest absolute Gasteiger partial charge is 0.412 e. The molecule has 0 aliphatic heterocycles. The molecule has 2 unspecified atom stereocenters. The van der Waals surface area contributed by atoms with E-state index < -0.39 is 58.6 Å². The van der Waals surface area contributed by atoms with Crippen LogP contribution in [0.3, 0.4) is 0 Å². The Kier molecular flexibility index (Phi) is 9.60. The first-order valence-corrected chi connectivity index (χ1v) is 14.2. The summed E-state index contributed by atoms with van der Waals surface area (Å²) in [7, 11) is 1.33. The third-order valence-electron chi connectivity index (χ3n) is 7.44. The van der Waals surface area contributed by atoms with Crippen LogP contribution in [0.4, 0.5) is 17.6 Å². The molecule has 0 radical (unpaired) electrons. The van der Waals surface area contributed by atoms with Crippen LogP contribution in [0, 0.1) is 11.7 Å². The number of nitrogens with one attached hydrogen (secondary N) is 1. The number of alkyl halides is 3. The van der Waals surface area contributed by atoms with E-state index in [1.807, 2.05) is 0 Å². The van der Waals surface area contributed by atoms with E-state index >= 15 is 0 Å². The average Bonchev–Trinajstić information content (AvgIpc) is 3.82. The summed E-state index contributed by atoms with van der Waals surface area (Å²) in [4.78, 5) is 17.3. The molecule has 1 heterocycles. The predicted octanol–water partition coefficient (Wildman–Crippen LogP) is 5.63. The Labute approximate surface area is 250 Å². The van der Waals surface area contributed by atoms with Gasteiger partial charge < -0.3 is 30.2 Å². The number of amides is 1. The van der Waals surface area contributed by atoms with Crippen molar-refractivity contribution in [2.24, 2.45) is 11.7 Å². The van der Waals surface area contributed by atoms with E-state index in [9.17, 15) is 32.0 Å². The van der Waals surface area contributed by atoms with Crippen molar-refractivity contribution in [1.82, 2.24) is 10.3 Å². The molecule has 1 aromatic heterocycles. The Hall–Kier alpha value is -3.39. The predicted molar refractivity (Wildman–Crippen MR) is 154 cm³/mol. The zero-order chi connectivity index (χ0) is 31.6. The number of benzene rings is 2. The van der Waals surface area contributed by atoms with Crippen LogP contribution in [0.15, 0.2) is 54.6 Å². The van der Waals surface area contributed by atoms with Gasteiger partial charge in [-0.15, -0.1) is 0 Å². The van der Waals surface area contributed by atoms with E-state index in [0.29, 0.717) is 11.1 Å². The molecule has 8 nitrogen and oxygen atoms in total. The number of pyridine rings is 1. The quantitative estimate of drug-likeness (QED) is 0.151. The molecule has 1 aliphatic rings. The lowest BCUT2D eigenvalue weighted by Gasteiger charge is -2.34. The van der Waals surface area contributed by atoms with Crippen molar-refractivity contribution in [3.8, 4) is 22.8 Å². The van der Waals surface area contributed by atoms with Gasteiger partial charge in [0.1, 0.15) is 12.4 Å². The summed E-state index contributed by atoms with van der Waals surface area (Å²) in [6.45, 7) is 2.12. The van der Waals surface area contributed by atoms with Crippen LogP contribution in [0.25, 0.3) is 11.3 Å². The molecular formula is C30H33F4N3O5S. The van der Waals surface area contributed by atoms with Gasteiger partial charge in [0.15, 0.2) is 16.2 Å². The Morgan fingerprint density at radius 3 is 2.37 bits per heavy atom. The molecule has 2 aromatic carbocycles. The van der Waals surface area contributed by atoms with Gasteiger partial charge in [0.2, 0.25) is 0 Å². The third kappa shape index (κ3) is 7.06. The number of carbonyl (C=O) groups excluding carboxylic acids is 1. The fourth-order valence-electron chi connectivity index (χ4n) is 4.65. The highest BCUT2D eigenvalue weighted by atomic mass is 32.2. The van der Waals surface area contributed by atoms with Gasteiger partial charge >= 0.3 is 6.18 Å². The van der Waals surface area contributed by atoms with E-state index in [-0.39, 0.29) is 35.3 Å². The standard InChI is InChI=1S/C30H33F4N3O5S/c1-17(38)15-42-24-11-6-19(12-25(24)41-3)27(39)36-16-29(43-40,30(32,33)34)26-14-21(28(2,35)20-7-8-20)13-23(37-26)18-4-9-22(31)10-5-18/h4-6,9-14,17,20,38,40H,7-8,15-16,35H2,1-3H3,(H,36,39)/t17-,28?,29?/m1/s1.